The van der Waals surface area contributed by atoms with E-state index in [1.165, 1.54) is 205 Å². The van der Waals surface area contributed by atoms with E-state index in [0.29, 0.717) is 12.8 Å². The molecule has 6 N–H and O–H groups in total. The van der Waals surface area contributed by atoms with Crippen molar-refractivity contribution in [3.05, 3.63) is 0 Å². The Morgan fingerprint density at radius 3 is 1.19 bits per heavy atom. The van der Waals surface area contributed by atoms with Gasteiger partial charge in [0.15, 0.2) is 6.29 Å². The second-order valence-corrected chi connectivity index (χ2v) is 21.3. The highest BCUT2D eigenvalue weighted by Crippen LogP contribution is 2.26. The molecule has 0 aliphatic carbocycles. The third-order valence-corrected chi connectivity index (χ3v) is 14.4. The molecule has 1 rings (SSSR count). The summed E-state index contributed by atoms with van der Waals surface area (Å²) in [7, 11) is -5.08. The van der Waals surface area contributed by atoms with Gasteiger partial charge in [-0.2, -0.15) is 8.42 Å². The van der Waals surface area contributed by atoms with Crippen LogP contribution in [0.3, 0.4) is 0 Å². The third kappa shape index (κ3) is 37.5. The molecule has 400 valence electrons. The van der Waals surface area contributed by atoms with E-state index in [2.05, 4.69) is 23.3 Å². The number of amides is 1. The number of unbranched alkanes of at least 4 members (excludes halogenated alkanes) is 38. The lowest BCUT2D eigenvalue weighted by atomic mass is 9.99. The Bertz CT molecular complexity index is 1200. The van der Waals surface area contributed by atoms with Gasteiger partial charge in [0, 0.05) is 6.42 Å². The third-order valence-electron chi connectivity index (χ3n) is 13.9. The molecule has 1 fully saturated rings. The van der Waals surface area contributed by atoms with Crippen LogP contribution in [0.15, 0.2) is 0 Å². The molecule has 1 amide bonds. The summed E-state index contributed by atoms with van der Waals surface area (Å²) in [6.45, 7) is 3.50. The lowest BCUT2D eigenvalue weighted by Gasteiger charge is -2.41. The van der Waals surface area contributed by atoms with Crippen LogP contribution in [0.25, 0.3) is 0 Å². The maximum Gasteiger partial charge on any atom is 0.397 e. The average molecular weight is 979 g/mol. The van der Waals surface area contributed by atoms with Gasteiger partial charge < -0.3 is 35.2 Å². The normalized spacial score (nSPS) is 19.8. The van der Waals surface area contributed by atoms with Gasteiger partial charge in [-0.25, -0.2) is 4.18 Å². The zero-order chi connectivity index (χ0) is 49.1. The van der Waals surface area contributed by atoms with Crippen LogP contribution in [0.1, 0.15) is 284 Å². The Balaban J connectivity index is 2.36. The standard InChI is InChI=1S/C54H107NO11S/c1-3-5-7-9-11-13-15-17-19-21-23-24-25-26-27-29-31-33-35-37-39-41-43-48(57)47(46-64-54-52(60)53(66-67(61,62)63)51(59)49(45-56)65-54)55-50(58)44-42-40-38-36-34-32-30-28-22-20-18-16-14-12-10-8-6-4-2/h47-49,51-54,56-57,59-60H,3-46H2,1-2H3,(H,55,58)(H,61,62,63). The summed E-state index contributed by atoms with van der Waals surface area (Å²) in [5.74, 6) is -0.223. The molecule has 1 saturated heterocycles. The number of aliphatic hydroxyl groups excluding tert-OH is 4. The van der Waals surface area contributed by atoms with Gasteiger partial charge in [0.2, 0.25) is 5.91 Å². The first-order chi connectivity index (χ1) is 32.5. The first-order valence-corrected chi connectivity index (χ1v) is 29.8. The van der Waals surface area contributed by atoms with Crippen molar-refractivity contribution in [2.45, 2.75) is 326 Å². The Labute approximate surface area is 411 Å². The molecule has 0 aromatic carbocycles. The van der Waals surface area contributed by atoms with Crippen molar-refractivity contribution in [3.8, 4) is 0 Å². The number of ether oxygens (including phenoxy) is 2. The molecule has 0 bridgehead atoms. The lowest BCUT2D eigenvalue weighted by molar-refractivity contribution is -0.298. The molecule has 67 heavy (non-hydrogen) atoms. The maximum absolute atomic E-state index is 13.1. The van der Waals surface area contributed by atoms with Crippen LogP contribution >= 0.6 is 0 Å². The predicted octanol–water partition coefficient (Wildman–Crippen LogP) is 12.9. The topological polar surface area (TPSA) is 192 Å². The zero-order valence-corrected chi connectivity index (χ0v) is 44.1. The summed E-state index contributed by atoms with van der Waals surface area (Å²) in [4.78, 5) is 13.1. The van der Waals surface area contributed by atoms with Gasteiger partial charge >= 0.3 is 10.4 Å². The molecular weight excluding hydrogens is 871 g/mol. The van der Waals surface area contributed by atoms with Gasteiger partial charge in [-0.1, -0.05) is 264 Å². The van der Waals surface area contributed by atoms with Crippen LogP contribution in [0.5, 0.6) is 0 Å². The van der Waals surface area contributed by atoms with E-state index in [1.807, 2.05) is 0 Å². The molecule has 13 heteroatoms. The summed E-state index contributed by atoms with van der Waals surface area (Å²) in [6, 6.07) is -0.853. The van der Waals surface area contributed by atoms with Gasteiger partial charge in [0.25, 0.3) is 0 Å². The monoisotopic (exact) mass is 978 g/mol. The highest BCUT2D eigenvalue weighted by Gasteiger charge is 2.48. The largest absolute Gasteiger partial charge is 0.397 e. The fraction of sp³-hybridized carbons (Fsp3) is 0.981. The molecule has 12 nitrogen and oxygen atoms in total. The van der Waals surface area contributed by atoms with E-state index >= 15 is 0 Å². The van der Waals surface area contributed by atoms with Gasteiger partial charge in [-0.05, 0) is 12.8 Å². The lowest BCUT2D eigenvalue weighted by Crippen LogP contribution is -2.61. The Morgan fingerprint density at radius 1 is 0.537 bits per heavy atom. The second-order valence-electron chi connectivity index (χ2n) is 20.2. The van der Waals surface area contributed by atoms with Gasteiger partial charge in [-0.3, -0.25) is 9.35 Å². The SMILES string of the molecule is CCCCCCCCCCCCCCCCCCCCCCCCC(O)C(COC1OC(CO)C(O)C(OS(=O)(=O)O)C1O)NC(=O)CCCCCCCCCCCCCCCCCCCC. The fourth-order valence-electron chi connectivity index (χ4n) is 9.52. The van der Waals surface area contributed by atoms with Gasteiger partial charge in [0.1, 0.15) is 24.4 Å². The molecule has 7 unspecified atom stereocenters. The summed E-state index contributed by atoms with van der Waals surface area (Å²) in [5, 5.41) is 45.1. The molecule has 0 aromatic rings. The van der Waals surface area contributed by atoms with Crippen LogP contribution in [0, 0.1) is 0 Å². The van der Waals surface area contributed by atoms with Crippen molar-refractivity contribution in [1.29, 1.82) is 0 Å². The number of hydrogen-bond donors (Lipinski definition) is 6. The fourth-order valence-corrected chi connectivity index (χ4v) is 10.0. The first kappa shape index (κ1) is 64.1. The van der Waals surface area contributed by atoms with Gasteiger partial charge in [0.05, 0.1) is 25.4 Å². The summed E-state index contributed by atoms with van der Waals surface area (Å²) in [5.41, 5.74) is 0. The van der Waals surface area contributed by atoms with Gasteiger partial charge in [-0.15, -0.1) is 0 Å². The van der Waals surface area contributed by atoms with E-state index in [9.17, 15) is 38.2 Å². The quantitative estimate of drug-likeness (QED) is 0.0251. The van der Waals surface area contributed by atoms with Crippen molar-refractivity contribution in [3.63, 3.8) is 0 Å². The average Bonchev–Trinajstić information content (AvgIpc) is 3.30. The highest BCUT2D eigenvalue weighted by molar-refractivity contribution is 7.80. The molecule has 0 spiro atoms. The van der Waals surface area contributed by atoms with Crippen molar-refractivity contribution in [1.82, 2.24) is 5.32 Å². The Morgan fingerprint density at radius 2 is 0.866 bits per heavy atom. The van der Waals surface area contributed by atoms with E-state index in [4.69, 9.17) is 9.47 Å². The first-order valence-electron chi connectivity index (χ1n) is 28.4. The minimum atomic E-state index is -5.08. The van der Waals surface area contributed by atoms with Crippen LogP contribution in [-0.4, -0.2) is 95.4 Å². The number of rotatable bonds is 50. The molecule has 0 saturated carbocycles. The molecule has 7 atom stereocenters. The van der Waals surface area contributed by atoms with Crippen LogP contribution in [-0.2, 0) is 28.9 Å². The Hall–Kier alpha value is -0.900. The minimum absolute atomic E-state index is 0.223. The number of nitrogens with one attached hydrogen (secondary N) is 1. The Kier molecular flexibility index (Phi) is 43.1. The molecule has 0 aromatic heterocycles. The minimum Gasteiger partial charge on any atom is -0.394 e. The van der Waals surface area contributed by atoms with Crippen LogP contribution in [0.4, 0.5) is 0 Å². The van der Waals surface area contributed by atoms with Crippen molar-refractivity contribution >= 4 is 16.3 Å². The smallest absolute Gasteiger partial charge is 0.394 e. The molecular formula is C54H107NO11S. The van der Waals surface area contributed by atoms with E-state index in [1.54, 1.807) is 0 Å². The van der Waals surface area contributed by atoms with E-state index in [-0.39, 0.29) is 12.5 Å². The number of hydrogen-bond acceptors (Lipinski definition) is 10. The van der Waals surface area contributed by atoms with Crippen molar-refractivity contribution < 1.29 is 51.8 Å². The summed E-state index contributed by atoms with van der Waals surface area (Å²) >= 11 is 0. The predicted molar refractivity (Wildman–Crippen MR) is 273 cm³/mol. The highest BCUT2D eigenvalue weighted by atomic mass is 32.3. The van der Waals surface area contributed by atoms with Crippen molar-refractivity contribution in [2.24, 2.45) is 0 Å². The molecule has 0 radical (unpaired) electrons. The van der Waals surface area contributed by atoms with Crippen LogP contribution in [0.2, 0.25) is 0 Å². The molecule has 1 aliphatic rings. The number of aliphatic hydroxyl groups is 4. The summed E-state index contributed by atoms with van der Waals surface area (Å²) in [6.07, 6.45) is 42.4. The maximum atomic E-state index is 13.1. The number of carbonyl (C=O) groups is 1. The number of carbonyl (C=O) groups excluding carboxylic acids is 1. The second kappa shape index (κ2) is 45.0. The van der Waals surface area contributed by atoms with Crippen molar-refractivity contribution in [2.75, 3.05) is 13.2 Å². The molecule has 1 heterocycles. The zero-order valence-electron chi connectivity index (χ0n) is 43.2. The summed E-state index contributed by atoms with van der Waals surface area (Å²) < 4.78 is 47.9. The van der Waals surface area contributed by atoms with E-state index < -0.39 is 59.9 Å². The van der Waals surface area contributed by atoms with E-state index in [0.717, 1.165) is 51.4 Å². The molecule has 1 aliphatic heterocycles. The van der Waals surface area contributed by atoms with Crippen LogP contribution < -0.4 is 5.32 Å².